The minimum Gasteiger partial charge on any atom is -0.464 e. The molecule has 3 aliphatic heterocycles. The van der Waals surface area contributed by atoms with Crippen LogP contribution in [0.4, 0.5) is 10.1 Å². The fourth-order valence-corrected chi connectivity index (χ4v) is 10.4. The van der Waals surface area contributed by atoms with E-state index in [1.165, 1.54) is 29.2 Å². The number of alkyl halides is 1. The summed E-state index contributed by atoms with van der Waals surface area (Å²) in [6.07, 6.45) is 6.68. The number of amides is 2. The maximum atomic E-state index is 14.1. The third-order valence-corrected chi connectivity index (χ3v) is 14.3. The molecule has 2 amide bonds. The van der Waals surface area contributed by atoms with Gasteiger partial charge in [-0.2, -0.15) is 0 Å². The third-order valence-electron chi connectivity index (χ3n) is 13.4. The number of rotatable bonds is 9. The number of nitrogens with zero attached hydrogens (tertiary/aromatic N) is 6. The highest BCUT2D eigenvalue weighted by Gasteiger charge is 2.45. The molecule has 326 valence electrons. The molecule has 4 fully saturated rings. The van der Waals surface area contributed by atoms with Gasteiger partial charge in [-0.25, -0.2) is 10.4 Å². The Kier molecular flexibility index (Phi) is 11.7. The first-order chi connectivity index (χ1) is 29.4. The number of thiazole rings is 1. The van der Waals surface area contributed by atoms with Crippen LogP contribution in [0, 0.1) is 17.3 Å². The van der Waals surface area contributed by atoms with Gasteiger partial charge in [-0.15, -0.1) is 11.3 Å². The first-order valence-electron chi connectivity index (χ1n) is 22.2. The number of methoxy groups -OCH3 is 1. The number of ether oxygens (including phenoxy) is 2. The van der Waals surface area contributed by atoms with Gasteiger partial charge in [0.1, 0.15) is 12.1 Å². The van der Waals surface area contributed by atoms with Crippen LogP contribution < -0.4 is 15.6 Å². The van der Waals surface area contributed by atoms with E-state index in [1.54, 1.807) is 7.11 Å². The van der Waals surface area contributed by atoms with E-state index in [1.807, 2.05) is 18.5 Å². The Morgan fingerprint density at radius 2 is 1.93 bits per heavy atom. The van der Waals surface area contributed by atoms with E-state index < -0.39 is 36.1 Å². The minimum atomic E-state index is -0.946. The molecule has 15 heteroatoms. The molecule has 6 bridgehead atoms. The predicted molar refractivity (Wildman–Crippen MR) is 234 cm³/mol. The Bertz CT molecular complexity index is 2300. The van der Waals surface area contributed by atoms with E-state index in [0.717, 1.165) is 82.6 Å². The molecule has 61 heavy (non-hydrogen) atoms. The molecule has 2 N–H and O–H groups in total. The lowest BCUT2D eigenvalue weighted by Crippen LogP contribution is -2.60. The lowest BCUT2D eigenvalue weighted by molar-refractivity contribution is -0.155. The Morgan fingerprint density at radius 3 is 2.66 bits per heavy atom. The number of aryl methyl sites for hydroxylation is 1. The zero-order chi connectivity index (χ0) is 42.6. The van der Waals surface area contributed by atoms with E-state index in [4.69, 9.17) is 19.4 Å². The monoisotopic (exact) mass is 854 g/mol. The van der Waals surface area contributed by atoms with Crippen LogP contribution in [0.15, 0.2) is 35.8 Å². The van der Waals surface area contributed by atoms with Crippen molar-refractivity contribution in [2.75, 3.05) is 58.0 Å². The lowest BCUT2D eigenvalue weighted by atomic mass is 9.84. The Labute approximate surface area is 361 Å². The number of pyridine rings is 1. The number of hydrazine groups is 1. The standard InChI is InChI=1S/C46H59FN8O5S/c1-6-54-39-12-9-28-18-33(39)35(42(54)34-20-31(24-48-41(34)27(2)59-5)53-16-14-52(15-17-53)30-10-11-30)22-46(3,4)26-60-45(58)36-8-7-13-55(51-36)44(57)37(21-40-49-38(28)25-61-40)50-43(56)32-19-29(32)23-47/h9,12,18,20,24-25,27,29-30,32,36-37,51H,6-8,10-11,13-17,19,21-23,26H2,1-5H3,(H,50,56)/t27-,29-,32+,36-,37-/m0/s1. The van der Waals surface area contributed by atoms with Crippen LogP contribution in [0.3, 0.4) is 0 Å². The van der Waals surface area contributed by atoms with Crippen molar-refractivity contribution in [3.63, 3.8) is 0 Å². The van der Waals surface area contributed by atoms with Crippen LogP contribution in [0.25, 0.3) is 33.4 Å². The van der Waals surface area contributed by atoms with Crippen LogP contribution in [0.5, 0.6) is 0 Å². The topological polar surface area (TPSA) is 134 Å². The van der Waals surface area contributed by atoms with Crippen molar-refractivity contribution in [1.82, 2.24) is 35.2 Å². The molecule has 2 aliphatic carbocycles. The number of nitrogens with one attached hydrogen (secondary N) is 2. The number of anilines is 1. The molecule has 2 saturated carbocycles. The second kappa shape index (κ2) is 17.0. The Hall–Kier alpha value is -4.44. The molecule has 6 heterocycles. The molecule has 4 aromatic rings. The molecule has 1 aromatic carbocycles. The molecule has 0 radical (unpaired) electrons. The van der Waals surface area contributed by atoms with Crippen molar-refractivity contribution < 1.29 is 28.2 Å². The number of fused-ring (bicyclic) bond motifs is 6. The van der Waals surface area contributed by atoms with E-state index >= 15 is 0 Å². The number of esters is 1. The quantitative estimate of drug-likeness (QED) is 0.191. The summed E-state index contributed by atoms with van der Waals surface area (Å²) in [6.45, 7) is 13.2. The first-order valence-corrected chi connectivity index (χ1v) is 23.1. The SMILES string of the molecule is CCn1c(-c2cc(N3CCN(C4CC4)CC3)cnc2[C@H](C)OC)c2c3cc(ccc31)-c1csc(n1)C[C@H](NC(=O)[C@@H]1C[C@H]1CF)C(=O)N1CCC[C@H](N1)C(=O)OCC(C)(C)C2. The molecule has 5 aliphatic rings. The zero-order valence-corrected chi connectivity index (χ0v) is 36.9. The average molecular weight is 855 g/mol. The van der Waals surface area contributed by atoms with Crippen molar-refractivity contribution in [2.24, 2.45) is 17.3 Å². The highest BCUT2D eigenvalue weighted by Crippen LogP contribution is 2.44. The normalized spacial score (nSPS) is 25.3. The largest absolute Gasteiger partial charge is 0.464 e. The van der Waals surface area contributed by atoms with Crippen LogP contribution in [0.2, 0.25) is 0 Å². The second-order valence-electron chi connectivity index (χ2n) is 18.5. The average Bonchev–Trinajstić information content (AvgIpc) is 4.21. The van der Waals surface area contributed by atoms with Crippen molar-refractivity contribution >= 4 is 45.7 Å². The van der Waals surface area contributed by atoms with Crippen LogP contribution in [-0.2, 0) is 43.2 Å². The molecular formula is C46H59FN8O5S. The van der Waals surface area contributed by atoms with Gasteiger partial charge in [0.05, 0.1) is 53.4 Å². The number of cyclic esters (lactones) is 1. The lowest BCUT2D eigenvalue weighted by Gasteiger charge is -2.36. The van der Waals surface area contributed by atoms with Gasteiger partial charge in [0, 0.05) is 97.6 Å². The van der Waals surface area contributed by atoms with E-state index in [9.17, 15) is 18.8 Å². The smallest absolute Gasteiger partial charge is 0.324 e. The summed E-state index contributed by atoms with van der Waals surface area (Å²) < 4.78 is 27.9. The van der Waals surface area contributed by atoms with E-state index in [2.05, 4.69) is 70.1 Å². The summed E-state index contributed by atoms with van der Waals surface area (Å²) in [6, 6.07) is 7.87. The predicted octanol–water partition coefficient (Wildman–Crippen LogP) is 6.09. The first kappa shape index (κ1) is 41.9. The number of carbonyl (C=O) groups is 3. The summed E-state index contributed by atoms with van der Waals surface area (Å²) >= 11 is 1.44. The van der Waals surface area contributed by atoms with Crippen molar-refractivity contribution in [3.8, 4) is 22.5 Å². The second-order valence-corrected chi connectivity index (χ2v) is 19.4. The van der Waals surface area contributed by atoms with Gasteiger partial charge in [0.25, 0.3) is 5.91 Å². The number of halogens is 1. The maximum absolute atomic E-state index is 14.1. The fourth-order valence-electron chi connectivity index (χ4n) is 9.58. The molecule has 0 unspecified atom stereocenters. The van der Waals surface area contributed by atoms with Crippen LogP contribution in [0.1, 0.15) is 82.2 Å². The summed E-state index contributed by atoms with van der Waals surface area (Å²) in [7, 11) is 1.73. The number of benzene rings is 1. The number of carbonyl (C=O) groups excluding carboxylic acids is 3. The van der Waals surface area contributed by atoms with Crippen molar-refractivity contribution in [1.29, 1.82) is 0 Å². The minimum absolute atomic E-state index is 0.159. The number of hydrogen-bond donors (Lipinski definition) is 2. The number of hydrogen-bond acceptors (Lipinski definition) is 11. The highest BCUT2D eigenvalue weighted by molar-refractivity contribution is 7.10. The van der Waals surface area contributed by atoms with Gasteiger partial charge in [-0.05, 0) is 82.1 Å². The molecule has 2 saturated heterocycles. The molecule has 3 aromatic heterocycles. The molecule has 9 rings (SSSR count). The summed E-state index contributed by atoms with van der Waals surface area (Å²) in [5, 5.41) is 8.15. The van der Waals surface area contributed by atoms with E-state index in [-0.39, 0.29) is 36.9 Å². The van der Waals surface area contributed by atoms with Gasteiger partial charge in [0.15, 0.2) is 0 Å². The third kappa shape index (κ3) is 8.55. The van der Waals surface area contributed by atoms with Crippen molar-refractivity contribution in [2.45, 2.75) is 103 Å². The van der Waals surface area contributed by atoms with Gasteiger partial charge >= 0.3 is 5.97 Å². The summed E-state index contributed by atoms with van der Waals surface area (Å²) in [4.78, 5) is 56.5. The fraction of sp³-hybridized carbons (Fsp3) is 0.587. The summed E-state index contributed by atoms with van der Waals surface area (Å²) in [5.41, 5.74) is 10.7. The van der Waals surface area contributed by atoms with Gasteiger partial charge < -0.3 is 24.3 Å². The molecule has 13 nitrogen and oxygen atoms in total. The van der Waals surface area contributed by atoms with Crippen LogP contribution >= 0.6 is 11.3 Å². The Balaban J connectivity index is 1.14. The van der Waals surface area contributed by atoms with Gasteiger partial charge in [0.2, 0.25) is 5.91 Å². The van der Waals surface area contributed by atoms with Crippen LogP contribution in [-0.4, -0.2) is 113 Å². The highest BCUT2D eigenvalue weighted by atomic mass is 32.1. The van der Waals surface area contributed by atoms with Crippen molar-refractivity contribution in [3.05, 3.63) is 52.1 Å². The maximum Gasteiger partial charge on any atom is 0.324 e. The zero-order valence-electron chi connectivity index (χ0n) is 36.0. The summed E-state index contributed by atoms with van der Waals surface area (Å²) in [5.74, 6) is -1.88. The molecule has 0 spiro atoms. The van der Waals surface area contributed by atoms with Gasteiger partial charge in [-0.3, -0.25) is 33.7 Å². The van der Waals surface area contributed by atoms with E-state index in [0.29, 0.717) is 43.8 Å². The molecule has 5 atom stereocenters. The number of aromatic nitrogens is 3. The van der Waals surface area contributed by atoms with Gasteiger partial charge in [-0.1, -0.05) is 19.9 Å². The molecular weight excluding hydrogens is 796 g/mol. The number of piperazine rings is 1. The Morgan fingerprint density at radius 1 is 1.13 bits per heavy atom.